The number of carbonyl (C=O) groups excluding carboxylic acids is 1. The van der Waals surface area contributed by atoms with Gasteiger partial charge >= 0.3 is 0 Å². The van der Waals surface area contributed by atoms with Crippen LogP contribution in [0.3, 0.4) is 0 Å². The van der Waals surface area contributed by atoms with Gasteiger partial charge in [0.15, 0.2) is 5.56 Å². The summed E-state index contributed by atoms with van der Waals surface area (Å²) in [7, 11) is 0. The molecule has 1 amide bonds. The van der Waals surface area contributed by atoms with Crippen molar-refractivity contribution in [3.8, 4) is 16.9 Å². The van der Waals surface area contributed by atoms with Crippen molar-refractivity contribution in [2.45, 2.75) is 12.0 Å². The highest BCUT2D eigenvalue weighted by atomic mass is 35.5. The number of rotatable bonds is 5. The zero-order valence-electron chi connectivity index (χ0n) is 17.0. The molecule has 0 aliphatic carbocycles. The van der Waals surface area contributed by atoms with Gasteiger partial charge in [0, 0.05) is 55.3 Å². The van der Waals surface area contributed by atoms with E-state index >= 15 is 0 Å². The Bertz CT molecular complexity index is 1090. The van der Waals surface area contributed by atoms with Gasteiger partial charge in [-0.3, -0.25) is 9.78 Å². The van der Waals surface area contributed by atoms with E-state index in [1.54, 1.807) is 6.20 Å². The molecule has 3 aromatic rings. The molecule has 0 bridgehead atoms. The van der Waals surface area contributed by atoms with E-state index in [4.69, 9.17) is 21.1 Å². The number of benzene rings is 1. The largest absolute Gasteiger partial charge is 0.474 e. The summed E-state index contributed by atoms with van der Waals surface area (Å²) in [6.45, 7) is 3.67. The summed E-state index contributed by atoms with van der Waals surface area (Å²) in [5, 5.41) is 3.69. The second kappa shape index (κ2) is 8.69. The van der Waals surface area contributed by atoms with Gasteiger partial charge in [0.2, 0.25) is 5.91 Å². The lowest BCUT2D eigenvalue weighted by Crippen LogP contribution is -2.36. The van der Waals surface area contributed by atoms with Crippen molar-refractivity contribution in [2.24, 2.45) is 5.92 Å². The molecular weight excluding hydrogens is 416 g/mol. The highest BCUT2D eigenvalue weighted by molar-refractivity contribution is 6.20. The number of carbonyl (C=O) groups is 1. The summed E-state index contributed by atoms with van der Waals surface area (Å²) in [6.07, 6.45) is 4.00. The fraction of sp³-hybridized carbons (Fsp3) is 0.348. The summed E-state index contributed by atoms with van der Waals surface area (Å²) in [5.74, 6) is 1.53. The summed E-state index contributed by atoms with van der Waals surface area (Å²) in [5.41, 5.74) is 2.13. The molecule has 0 spiro atoms. The summed E-state index contributed by atoms with van der Waals surface area (Å²) < 4.78 is 11.6. The SMILES string of the molecule is O=C1CC(C(Cl)Oc2cc(-c3ccc(N4CCOCC4)nc3)cc3ncccc23)CN1. The first-order valence-corrected chi connectivity index (χ1v) is 10.9. The predicted molar refractivity (Wildman–Crippen MR) is 119 cm³/mol. The third kappa shape index (κ3) is 4.29. The first kappa shape index (κ1) is 20.0. The molecule has 2 aliphatic rings. The third-order valence-electron chi connectivity index (χ3n) is 5.72. The van der Waals surface area contributed by atoms with Crippen molar-refractivity contribution in [3.63, 3.8) is 0 Å². The van der Waals surface area contributed by atoms with Crippen molar-refractivity contribution in [1.82, 2.24) is 15.3 Å². The average molecular weight is 439 g/mol. The van der Waals surface area contributed by atoms with Crippen molar-refractivity contribution >= 4 is 34.2 Å². The molecule has 5 rings (SSSR count). The first-order valence-electron chi connectivity index (χ1n) is 10.4. The molecule has 2 fully saturated rings. The maximum atomic E-state index is 11.6. The molecule has 7 nitrogen and oxygen atoms in total. The molecule has 2 unspecified atom stereocenters. The van der Waals surface area contributed by atoms with Gasteiger partial charge in [-0.05, 0) is 42.0 Å². The van der Waals surface area contributed by atoms with Crippen LogP contribution < -0.4 is 15.0 Å². The molecule has 0 radical (unpaired) electrons. The number of hydrogen-bond donors (Lipinski definition) is 1. The number of fused-ring (bicyclic) bond motifs is 1. The fourth-order valence-corrected chi connectivity index (χ4v) is 4.25. The zero-order chi connectivity index (χ0) is 21.2. The molecule has 2 atom stereocenters. The number of anilines is 1. The van der Waals surface area contributed by atoms with Gasteiger partial charge in [-0.15, -0.1) is 0 Å². The van der Waals surface area contributed by atoms with Crippen LogP contribution in [0.25, 0.3) is 22.0 Å². The van der Waals surface area contributed by atoms with Crippen molar-refractivity contribution in [1.29, 1.82) is 0 Å². The standard InChI is InChI=1S/C23H23ClN4O3/c24-23(17-12-22(29)27-14-17)31-20-11-16(10-19-18(20)2-1-5-25-19)15-3-4-21(26-13-15)28-6-8-30-9-7-28/h1-5,10-11,13,17,23H,6-9,12,14H2,(H,27,29). The molecule has 160 valence electrons. The fourth-order valence-electron chi connectivity index (χ4n) is 3.98. The van der Waals surface area contributed by atoms with Gasteiger partial charge in [-0.2, -0.15) is 0 Å². The Kier molecular flexibility index (Phi) is 5.61. The van der Waals surface area contributed by atoms with Crippen LogP contribution in [0.15, 0.2) is 48.8 Å². The molecule has 2 saturated heterocycles. The third-order valence-corrected chi connectivity index (χ3v) is 6.16. The van der Waals surface area contributed by atoms with E-state index in [9.17, 15) is 4.79 Å². The van der Waals surface area contributed by atoms with Gasteiger partial charge in [0.25, 0.3) is 0 Å². The number of morpholine rings is 1. The quantitative estimate of drug-likeness (QED) is 0.616. The van der Waals surface area contributed by atoms with E-state index in [2.05, 4.69) is 26.3 Å². The molecule has 1 N–H and O–H groups in total. The van der Waals surface area contributed by atoms with Crippen LogP contribution >= 0.6 is 11.6 Å². The number of halogens is 1. The molecule has 0 saturated carbocycles. The van der Waals surface area contributed by atoms with Crippen LogP contribution in [-0.4, -0.2) is 54.3 Å². The van der Waals surface area contributed by atoms with E-state index < -0.39 is 5.56 Å². The highest BCUT2D eigenvalue weighted by Crippen LogP contribution is 2.34. The number of hydrogen-bond acceptors (Lipinski definition) is 6. The van der Waals surface area contributed by atoms with Gasteiger partial charge in [-0.1, -0.05) is 11.6 Å². The summed E-state index contributed by atoms with van der Waals surface area (Å²) in [6, 6.07) is 11.9. The molecular formula is C23H23ClN4O3. The Balaban J connectivity index is 1.44. The number of alkyl halides is 1. The lowest BCUT2D eigenvalue weighted by molar-refractivity contribution is -0.119. The number of pyridine rings is 2. The summed E-state index contributed by atoms with van der Waals surface area (Å²) in [4.78, 5) is 22.9. The second-order valence-corrected chi connectivity index (χ2v) is 8.22. The summed E-state index contributed by atoms with van der Waals surface area (Å²) >= 11 is 6.53. The Morgan fingerprint density at radius 3 is 2.77 bits per heavy atom. The van der Waals surface area contributed by atoms with Crippen LogP contribution in [0.1, 0.15) is 6.42 Å². The molecule has 8 heteroatoms. The minimum absolute atomic E-state index is 0.00552. The minimum atomic E-state index is -0.612. The number of nitrogens with zero attached hydrogens (tertiary/aromatic N) is 3. The maximum Gasteiger partial charge on any atom is 0.220 e. The zero-order valence-corrected chi connectivity index (χ0v) is 17.7. The normalized spacial score (nSPS) is 20.0. The molecule has 1 aromatic carbocycles. The first-order chi connectivity index (χ1) is 15.2. The monoisotopic (exact) mass is 438 g/mol. The van der Waals surface area contributed by atoms with E-state index in [0.717, 1.165) is 54.2 Å². The van der Waals surface area contributed by atoms with Gasteiger partial charge < -0.3 is 19.7 Å². The average Bonchev–Trinajstić information content (AvgIpc) is 3.26. The van der Waals surface area contributed by atoms with Gasteiger partial charge in [0.1, 0.15) is 11.6 Å². The van der Waals surface area contributed by atoms with E-state index in [0.29, 0.717) is 18.7 Å². The van der Waals surface area contributed by atoms with E-state index in [-0.39, 0.29) is 11.8 Å². The number of amides is 1. The van der Waals surface area contributed by atoms with Crippen LogP contribution in [0.2, 0.25) is 0 Å². The van der Waals surface area contributed by atoms with E-state index in [1.165, 1.54) is 0 Å². The lowest BCUT2D eigenvalue weighted by atomic mass is 10.0. The lowest BCUT2D eigenvalue weighted by Gasteiger charge is -2.27. The van der Waals surface area contributed by atoms with Crippen molar-refractivity contribution in [2.75, 3.05) is 37.7 Å². The van der Waals surface area contributed by atoms with Crippen LogP contribution in [0.5, 0.6) is 5.75 Å². The second-order valence-electron chi connectivity index (χ2n) is 7.79. The van der Waals surface area contributed by atoms with Gasteiger partial charge in [-0.25, -0.2) is 4.98 Å². The molecule has 4 heterocycles. The Hall–Kier alpha value is -2.90. The minimum Gasteiger partial charge on any atom is -0.474 e. The number of aromatic nitrogens is 2. The Morgan fingerprint density at radius 1 is 1.16 bits per heavy atom. The van der Waals surface area contributed by atoms with Crippen molar-refractivity contribution < 1.29 is 14.3 Å². The molecule has 2 aliphatic heterocycles. The van der Waals surface area contributed by atoms with Crippen LogP contribution in [0, 0.1) is 5.92 Å². The number of nitrogens with one attached hydrogen (secondary N) is 1. The highest BCUT2D eigenvalue weighted by Gasteiger charge is 2.30. The Morgan fingerprint density at radius 2 is 2.03 bits per heavy atom. The predicted octanol–water partition coefficient (Wildman–Crippen LogP) is 3.21. The van der Waals surface area contributed by atoms with E-state index in [1.807, 2.05) is 36.5 Å². The molecule has 2 aromatic heterocycles. The van der Waals surface area contributed by atoms with Crippen LogP contribution in [0.4, 0.5) is 5.82 Å². The van der Waals surface area contributed by atoms with Crippen LogP contribution in [-0.2, 0) is 9.53 Å². The molecule has 31 heavy (non-hydrogen) atoms. The topological polar surface area (TPSA) is 76.6 Å². The Labute approximate surface area is 185 Å². The number of ether oxygens (including phenoxy) is 2. The maximum absolute atomic E-state index is 11.6. The van der Waals surface area contributed by atoms with Crippen molar-refractivity contribution in [3.05, 3.63) is 48.8 Å². The van der Waals surface area contributed by atoms with Gasteiger partial charge in [0.05, 0.1) is 18.7 Å². The smallest absolute Gasteiger partial charge is 0.220 e.